The minimum atomic E-state index is -0.404. The summed E-state index contributed by atoms with van der Waals surface area (Å²) in [5.74, 6) is -0.0556. The molecule has 0 radical (unpaired) electrons. The van der Waals surface area contributed by atoms with E-state index in [0.717, 1.165) is 0 Å². The Bertz CT molecular complexity index is 271. The number of rotatable bonds is 0. The molecular weight excluding hydrogens is 211 g/mol. The van der Waals surface area contributed by atoms with E-state index in [9.17, 15) is 4.79 Å². The predicted molar refractivity (Wildman–Crippen MR) is 38.6 cm³/mol. The van der Waals surface area contributed by atoms with Crippen molar-refractivity contribution in [3.8, 4) is 5.75 Å². The molecule has 64 valence electrons. The Kier molecular flexibility index (Phi) is 6.28. The molecule has 0 aromatic carbocycles. The topological polar surface area (TPSA) is 50.4 Å². The third kappa shape index (κ3) is 2.97. The van der Waals surface area contributed by atoms with Gasteiger partial charge >= 0.3 is 0 Å². The molecule has 0 aliphatic carbocycles. The van der Waals surface area contributed by atoms with Gasteiger partial charge in [-0.3, -0.25) is 4.79 Å². The van der Waals surface area contributed by atoms with Gasteiger partial charge in [0.2, 0.25) is 11.2 Å². The van der Waals surface area contributed by atoms with E-state index >= 15 is 0 Å². The summed E-state index contributed by atoms with van der Waals surface area (Å²) < 4.78 is 4.69. The van der Waals surface area contributed by atoms with Crippen LogP contribution in [0.15, 0.2) is 21.5 Å². The Morgan fingerprint density at radius 3 is 2.45 bits per heavy atom. The van der Waals surface area contributed by atoms with Gasteiger partial charge in [0.25, 0.3) is 0 Å². The van der Waals surface area contributed by atoms with Crippen LogP contribution in [0.2, 0.25) is 0 Å². The molecule has 1 aromatic heterocycles. The Hall–Kier alpha value is -0.441. The van der Waals surface area contributed by atoms with Crippen LogP contribution in [0, 0.1) is 6.92 Å². The van der Waals surface area contributed by atoms with Crippen LogP contribution < -0.4 is 5.43 Å². The number of hydrogen-bond donors (Lipinski definition) is 1. The summed E-state index contributed by atoms with van der Waals surface area (Å²) in [6.07, 6.45) is 1.25. The second kappa shape index (κ2) is 5.24. The normalized spacial score (nSPS) is 7.73. The Labute approximate surface area is 80.3 Å². The van der Waals surface area contributed by atoms with Gasteiger partial charge in [0.05, 0.1) is 6.26 Å². The molecule has 3 nitrogen and oxygen atoms in total. The third-order valence-corrected chi connectivity index (χ3v) is 1.03. The second-order valence-electron chi connectivity index (χ2n) is 1.69. The van der Waals surface area contributed by atoms with Crippen molar-refractivity contribution in [2.45, 2.75) is 6.92 Å². The molecule has 5 heteroatoms. The summed E-state index contributed by atoms with van der Waals surface area (Å²) in [4.78, 5) is 10.5. The van der Waals surface area contributed by atoms with Crippen LogP contribution in [-0.2, 0) is 17.1 Å². The van der Waals surface area contributed by atoms with Crippen molar-refractivity contribution < 1.29 is 26.6 Å². The molecule has 0 saturated heterocycles. The summed E-state index contributed by atoms with van der Waals surface area (Å²) in [5.41, 5.74) is -0.404. The molecule has 0 aliphatic rings. The molecular formula is C6H7ClFeO3. The Morgan fingerprint density at radius 2 is 2.09 bits per heavy atom. The van der Waals surface area contributed by atoms with Gasteiger partial charge in [0.1, 0.15) is 5.76 Å². The van der Waals surface area contributed by atoms with Crippen LogP contribution in [0.4, 0.5) is 0 Å². The van der Waals surface area contributed by atoms with Crippen LogP contribution in [0.5, 0.6) is 5.75 Å². The fourth-order valence-corrected chi connectivity index (χ4v) is 0.506. The maximum absolute atomic E-state index is 10.5. The van der Waals surface area contributed by atoms with Crippen LogP contribution in [0.3, 0.4) is 0 Å². The van der Waals surface area contributed by atoms with E-state index in [1.54, 1.807) is 0 Å². The van der Waals surface area contributed by atoms with Crippen LogP contribution in [0.1, 0.15) is 5.76 Å². The van der Waals surface area contributed by atoms with Crippen molar-refractivity contribution >= 4 is 12.4 Å². The second-order valence-corrected chi connectivity index (χ2v) is 1.69. The molecule has 0 aliphatic heterocycles. The van der Waals surface area contributed by atoms with E-state index in [4.69, 9.17) is 5.11 Å². The summed E-state index contributed by atoms with van der Waals surface area (Å²) >= 11 is 0. The third-order valence-electron chi connectivity index (χ3n) is 1.03. The van der Waals surface area contributed by atoms with E-state index in [1.807, 2.05) is 0 Å². The fourth-order valence-electron chi connectivity index (χ4n) is 0.506. The Morgan fingerprint density at radius 1 is 1.55 bits per heavy atom. The van der Waals surface area contributed by atoms with E-state index in [1.165, 1.54) is 19.3 Å². The number of hydrogen-bond acceptors (Lipinski definition) is 3. The molecule has 0 saturated carbocycles. The first-order valence-electron chi connectivity index (χ1n) is 2.49. The number of halogens is 1. The molecule has 1 aromatic rings. The summed E-state index contributed by atoms with van der Waals surface area (Å²) in [6, 6.07) is 1.17. The van der Waals surface area contributed by atoms with Crippen molar-refractivity contribution in [1.82, 2.24) is 0 Å². The molecule has 1 N–H and O–H groups in total. The predicted octanol–water partition coefficient (Wildman–Crippen LogP) is 1.07. The summed E-state index contributed by atoms with van der Waals surface area (Å²) in [7, 11) is 0. The maximum Gasteiger partial charge on any atom is 0.226 e. The van der Waals surface area contributed by atoms with Crippen molar-refractivity contribution in [2.75, 3.05) is 0 Å². The fraction of sp³-hybridized carbons (Fsp3) is 0.167. The van der Waals surface area contributed by atoms with Crippen molar-refractivity contribution in [3.63, 3.8) is 0 Å². The molecule has 11 heavy (non-hydrogen) atoms. The maximum atomic E-state index is 10.5. The SMILES string of the molecule is Cc1occc(=O)c1O.Cl.[Fe]. The summed E-state index contributed by atoms with van der Waals surface area (Å²) in [5, 5.41) is 8.80. The molecule has 0 bridgehead atoms. The quantitative estimate of drug-likeness (QED) is 0.663. The first kappa shape index (κ1) is 13.2. The minimum Gasteiger partial charge on any atom is -0.502 e. The van der Waals surface area contributed by atoms with Crippen LogP contribution in [-0.4, -0.2) is 5.11 Å². The Balaban J connectivity index is 0. The van der Waals surface area contributed by atoms with E-state index < -0.39 is 5.43 Å². The number of aryl methyl sites for hydroxylation is 1. The smallest absolute Gasteiger partial charge is 0.226 e. The average Bonchev–Trinajstić information content (AvgIpc) is 1.83. The molecule has 0 spiro atoms. The number of aromatic hydroxyl groups is 1. The van der Waals surface area contributed by atoms with E-state index in [0.29, 0.717) is 0 Å². The first-order valence-corrected chi connectivity index (χ1v) is 2.49. The van der Waals surface area contributed by atoms with Gasteiger partial charge in [0.15, 0.2) is 0 Å². The van der Waals surface area contributed by atoms with Gasteiger partial charge in [-0.2, -0.15) is 0 Å². The van der Waals surface area contributed by atoms with Crippen LogP contribution in [0.25, 0.3) is 0 Å². The van der Waals surface area contributed by atoms with Crippen molar-refractivity contribution in [1.29, 1.82) is 0 Å². The van der Waals surface area contributed by atoms with Crippen LogP contribution >= 0.6 is 12.4 Å². The van der Waals surface area contributed by atoms with Gasteiger partial charge in [0, 0.05) is 23.1 Å². The van der Waals surface area contributed by atoms with Crippen molar-refractivity contribution in [2.24, 2.45) is 0 Å². The monoisotopic (exact) mass is 218 g/mol. The molecule has 0 fully saturated rings. The van der Waals surface area contributed by atoms with Gasteiger partial charge in [-0.1, -0.05) is 0 Å². The molecule has 0 unspecified atom stereocenters. The summed E-state index contributed by atoms with van der Waals surface area (Å²) in [6.45, 7) is 1.52. The zero-order valence-electron chi connectivity index (χ0n) is 5.68. The molecule has 1 heterocycles. The van der Waals surface area contributed by atoms with Crippen molar-refractivity contribution in [3.05, 3.63) is 28.3 Å². The average molecular weight is 218 g/mol. The molecule has 1 rings (SSSR count). The van der Waals surface area contributed by atoms with E-state index in [-0.39, 0.29) is 41.0 Å². The van der Waals surface area contributed by atoms with Gasteiger partial charge in [-0.15, -0.1) is 12.4 Å². The first-order chi connectivity index (χ1) is 4.22. The zero-order chi connectivity index (χ0) is 6.85. The molecule has 0 atom stereocenters. The van der Waals surface area contributed by atoms with Gasteiger partial charge < -0.3 is 9.52 Å². The minimum absolute atomic E-state index is 0. The standard InChI is InChI=1S/C6H6O3.ClH.Fe/c1-4-6(8)5(7)2-3-9-4;;/h2-3,8H,1H3;1H;. The van der Waals surface area contributed by atoms with Gasteiger partial charge in [-0.25, -0.2) is 0 Å². The van der Waals surface area contributed by atoms with Gasteiger partial charge in [-0.05, 0) is 6.92 Å². The largest absolute Gasteiger partial charge is 0.502 e. The molecule has 0 amide bonds. The van der Waals surface area contributed by atoms with E-state index in [2.05, 4.69) is 4.42 Å². The zero-order valence-corrected chi connectivity index (χ0v) is 7.60.